The molecule has 0 aromatic rings. The summed E-state index contributed by atoms with van der Waals surface area (Å²) in [6, 6.07) is 0.536. The molecule has 0 aromatic carbocycles. The topological polar surface area (TPSA) is 32.3 Å². The summed E-state index contributed by atoms with van der Waals surface area (Å²) in [6.45, 7) is 5.49. The Bertz CT molecular complexity index is 287. The van der Waals surface area contributed by atoms with Gasteiger partial charge in [0.15, 0.2) is 0 Å². The number of rotatable bonds is 5. The minimum Gasteiger partial charge on any atom is -0.339 e. The average molecular weight is 280 g/mol. The second kappa shape index (κ2) is 8.66. The first-order valence-corrected chi connectivity index (χ1v) is 8.83. The van der Waals surface area contributed by atoms with Crippen molar-refractivity contribution in [2.45, 2.75) is 77.2 Å². The van der Waals surface area contributed by atoms with Gasteiger partial charge in [0, 0.05) is 19.0 Å². The molecule has 0 radical (unpaired) electrons. The van der Waals surface area contributed by atoms with E-state index in [0.29, 0.717) is 11.9 Å². The lowest BCUT2D eigenvalue weighted by Crippen LogP contribution is -2.47. The summed E-state index contributed by atoms with van der Waals surface area (Å²) in [5.74, 6) is 1.17. The van der Waals surface area contributed by atoms with E-state index in [1.165, 1.54) is 51.4 Å². The molecule has 2 rings (SSSR count). The zero-order valence-corrected chi connectivity index (χ0v) is 13.2. The first-order valence-electron chi connectivity index (χ1n) is 8.83. The van der Waals surface area contributed by atoms with Gasteiger partial charge in [0.05, 0.1) is 0 Å². The van der Waals surface area contributed by atoms with Crippen LogP contribution >= 0.6 is 0 Å². The van der Waals surface area contributed by atoms with Gasteiger partial charge in [-0.1, -0.05) is 32.6 Å². The van der Waals surface area contributed by atoms with Crippen molar-refractivity contribution in [3.8, 4) is 0 Å². The molecule has 2 aliphatic heterocycles. The molecule has 0 saturated carbocycles. The zero-order chi connectivity index (χ0) is 14.2. The van der Waals surface area contributed by atoms with Crippen LogP contribution in [-0.4, -0.2) is 36.5 Å². The highest BCUT2D eigenvalue weighted by atomic mass is 16.2. The molecule has 2 heterocycles. The smallest absolute Gasteiger partial charge is 0.222 e. The highest BCUT2D eigenvalue weighted by Crippen LogP contribution is 2.29. The van der Waals surface area contributed by atoms with Crippen molar-refractivity contribution in [1.29, 1.82) is 0 Å². The summed E-state index contributed by atoms with van der Waals surface area (Å²) >= 11 is 0. The van der Waals surface area contributed by atoms with E-state index in [0.717, 1.165) is 38.4 Å². The molecular weight excluding hydrogens is 248 g/mol. The van der Waals surface area contributed by atoms with Crippen molar-refractivity contribution in [1.82, 2.24) is 10.2 Å². The Hall–Kier alpha value is -0.570. The van der Waals surface area contributed by atoms with E-state index in [1.54, 1.807) is 0 Å². The van der Waals surface area contributed by atoms with Crippen LogP contribution in [0.2, 0.25) is 0 Å². The maximum Gasteiger partial charge on any atom is 0.222 e. The number of amides is 1. The van der Waals surface area contributed by atoms with Gasteiger partial charge in [0.2, 0.25) is 5.91 Å². The van der Waals surface area contributed by atoms with Gasteiger partial charge in [-0.15, -0.1) is 0 Å². The highest BCUT2D eigenvalue weighted by molar-refractivity contribution is 5.76. The SMILES string of the molecule is CCCCCC(=O)N1CCCCCC1C1CCNCC1. The molecule has 3 nitrogen and oxygen atoms in total. The molecule has 20 heavy (non-hydrogen) atoms. The van der Waals surface area contributed by atoms with Crippen molar-refractivity contribution >= 4 is 5.91 Å². The molecule has 0 bridgehead atoms. The van der Waals surface area contributed by atoms with E-state index >= 15 is 0 Å². The van der Waals surface area contributed by atoms with Crippen LogP contribution in [0.25, 0.3) is 0 Å². The van der Waals surface area contributed by atoms with Gasteiger partial charge >= 0.3 is 0 Å². The third-order valence-electron chi connectivity index (χ3n) is 5.04. The predicted octanol–water partition coefficient (Wildman–Crippen LogP) is 3.34. The fourth-order valence-electron chi connectivity index (χ4n) is 3.83. The lowest BCUT2D eigenvalue weighted by atomic mass is 9.86. The molecule has 1 atom stereocenters. The van der Waals surface area contributed by atoms with Gasteiger partial charge < -0.3 is 10.2 Å². The summed E-state index contributed by atoms with van der Waals surface area (Å²) < 4.78 is 0. The summed E-state index contributed by atoms with van der Waals surface area (Å²) in [6.07, 6.45) is 11.8. The average Bonchev–Trinajstić information content (AvgIpc) is 2.74. The van der Waals surface area contributed by atoms with E-state index in [9.17, 15) is 4.79 Å². The fourth-order valence-corrected chi connectivity index (χ4v) is 3.83. The number of likely N-dealkylation sites (tertiary alicyclic amines) is 1. The normalized spacial score (nSPS) is 25.4. The number of nitrogens with one attached hydrogen (secondary N) is 1. The van der Waals surface area contributed by atoms with E-state index in [2.05, 4.69) is 17.1 Å². The Balaban J connectivity index is 1.94. The number of piperidine rings is 1. The quantitative estimate of drug-likeness (QED) is 0.783. The van der Waals surface area contributed by atoms with Crippen LogP contribution in [0.5, 0.6) is 0 Å². The number of unbranched alkanes of at least 4 members (excludes halogenated alkanes) is 2. The number of hydrogen-bond donors (Lipinski definition) is 1. The second-order valence-corrected chi connectivity index (χ2v) is 6.55. The molecule has 0 spiro atoms. The van der Waals surface area contributed by atoms with E-state index in [1.807, 2.05) is 0 Å². The van der Waals surface area contributed by atoms with E-state index in [4.69, 9.17) is 0 Å². The summed E-state index contributed by atoms with van der Waals surface area (Å²) in [5, 5.41) is 3.45. The molecule has 0 aromatic heterocycles. The molecule has 1 amide bonds. The molecular formula is C17H32N2O. The van der Waals surface area contributed by atoms with Crippen molar-refractivity contribution < 1.29 is 4.79 Å². The maximum absolute atomic E-state index is 12.6. The molecule has 2 fully saturated rings. The Morgan fingerprint density at radius 2 is 1.90 bits per heavy atom. The van der Waals surface area contributed by atoms with E-state index < -0.39 is 0 Å². The van der Waals surface area contributed by atoms with Crippen LogP contribution in [0.15, 0.2) is 0 Å². The molecule has 1 unspecified atom stereocenters. The molecule has 116 valence electrons. The van der Waals surface area contributed by atoms with Crippen LogP contribution in [-0.2, 0) is 4.79 Å². The second-order valence-electron chi connectivity index (χ2n) is 6.55. The van der Waals surface area contributed by atoms with Gasteiger partial charge in [-0.25, -0.2) is 0 Å². The predicted molar refractivity (Wildman–Crippen MR) is 83.7 cm³/mol. The van der Waals surface area contributed by atoms with Gasteiger partial charge in [-0.05, 0) is 51.1 Å². The van der Waals surface area contributed by atoms with Crippen molar-refractivity contribution in [3.63, 3.8) is 0 Å². The Labute approximate surface area is 124 Å². The Morgan fingerprint density at radius 1 is 1.10 bits per heavy atom. The molecule has 0 aliphatic carbocycles. The molecule has 3 heteroatoms. The third-order valence-corrected chi connectivity index (χ3v) is 5.04. The van der Waals surface area contributed by atoms with Gasteiger partial charge in [0.1, 0.15) is 0 Å². The van der Waals surface area contributed by atoms with E-state index in [-0.39, 0.29) is 0 Å². The maximum atomic E-state index is 12.6. The molecule has 2 aliphatic rings. The lowest BCUT2D eigenvalue weighted by molar-refractivity contribution is -0.135. The summed E-state index contributed by atoms with van der Waals surface area (Å²) in [5.41, 5.74) is 0. The van der Waals surface area contributed by atoms with Crippen molar-refractivity contribution in [2.24, 2.45) is 5.92 Å². The van der Waals surface area contributed by atoms with Crippen LogP contribution in [0.1, 0.15) is 71.1 Å². The van der Waals surface area contributed by atoms with Crippen LogP contribution in [0.4, 0.5) is 0 Å². The first-order chi connectivity index (χ1) is 9.83. The minimum atomic E-state index is 0.434. The monoisotopic (exact) mass is 280 g/mol. The number of carbonyl (C=O) groups excluding carboxylic acids is 1. The van der Waals surface area contributed by atoms with Crippen LogP contribution in [0, 0.1) is 5.92 Å². The summed E-state index contributed by atoms with van der Waals surface area (Å²) in [4.78, 5) is 14.9. The highest BCUT2D eigenvalue weighted by Gasteiger charge is 2.31. The molecule has 2 saturated heterocycles. The van der Waals surface area contributed by atoms with Crippen LogP contribution in [0.3, 0.4) is 0 Å². The Kier molecular flexibility index (Phi) is 6.85. The third kappa shape index (κ3) is 4.47. The zero-order valence-electron chi connectivity index (χ0n) is 13.2. The van der Waals surface area contributed by atoms with Crippen LogP contribution < -0.4 is 5.32 Å². The minimum absolute atomic E-state index is 0.434. The standard InChI is InChI=1S/C17H32N2O/c1-2-3-5-9-17(20)19-14-7-4-6-8-16(19)15-10-12-18-13-11-15/h15-16,18H,2-14H2,1H3. The number of hydrogen-bond acceptors (Lipinski definition) is 2. The summed E-state index contributed by atoms with van der Waals surface area (Å²) in [7, 11) is 0. The molecule has 1 N–H and O–H groups in total. The lowest BCUT2D eigenvalue weighted by Gasteiger charge is -2.38. The van der Waals surface area contributed by atoms with Crippen molar-refractivity contribution in [2.75, 3.05) is 19.6 Å². The van der Waals surface area contributed by atoms with Gasteiger partial charge in [-0.2, -0.15) is 0 Å². The van der Waals surface area contributed by atoms with Crippen molar-refractivity contribution in [3.05, 3.63) is 0 Å². The largest absolute Gasteiger partial charge is 0.339 e. The number of nitrogens with zero attached hydrogens (tertiary/aromatic N) is 1. The number of carbonyl (C=O) groups is 1. The Morgan fingerprint density at radius 3 is 2.65 bits per heavy atom. The first kappa shape index (κ1) is 15.8. The van der Waals surface area contributed by atoms with Gasteiger partial charge in [0.25, 0.3) is 0 Å². The van der Waals surface area contributed by atoms with Gasteiger partial charge in [-0.3, -0.25) is 4.79 Å². The fraction of sp³-hybridized carbons (Fsp3) is 0.941.